The van der Waals surface area contributed by atoms with E-state index in [9.17, 15) is 9.59 Å². The van der Waals surface area contributed by atoms with E-state index >= 15 is 0 Å². The van der Waals surface area contributed by atoms with Crippen LogP contribution in [0.4, 0.5) is 0 Å². The Morgan fingerprint density at radius 1 is 1.44 bits per heavy atom. The molecule has 0 bridgehead atoms. The highest BCUT2D eigenvalue weighted by molar-refractivity contribution is 5.83. The molecule has 1 aliphatic heterocycles. The number of aliphatic carboxylic acids is 1. The number of amides is 1. The van der Waals surface area contributed by atoms with Gasteiger partial charge in [0.15, 0.2) is 0 Å². The summed E-state index contributed by atoms with van der Waals surface area (Å²) in [5.74, 6) is -1.36. The first-order valence-electron chi connectivity index (χ1n) is 6.65. The maximum atomic E-state index is 12.2. The van der Waals surface area contributed by atoms with E-state index in [0.717, 1.165) is 19.4 Å². The van der Waals surface area contributed by atoms with Crippen LogP contribution in [0.15, 0.2) is 0 Å². The minimum atomic E-state index is -0.847. The lowest BCUT2D eigenvalue weighted by molar-refractivity contribution is -0.143. The topological polar surface area (TPSA) is 78.4 Å². The maximum Gasteiger partial charge on any atom is 0.308 e. The van der Waals surface area contributed by atoms with Crippen LogP contribution in [0.2, 0.25) is 0 Å². The van der Waals surface area contributed by atoms with Crippen molar-refractivity contribution in [1.29, 1.82) is 0 Å². The number of hydrogen-bond acceptors (Lipinski definition) is 3. The highest BCUT2D eigenvalue weighted by Gasteiger charge is 2.39. The Morgan fingerprint density at radius 2 is 2.11 bits per heavy atom. The van der Waals surface area contributed by atoms with Gasteiger partial charge in [-0.2, -0.15) is 0 Å². The first-order valence-corrected chi connectivity index (χ1v) is 6.65. The van der Waals surface area contributed by atoms with E-state index in [1.807, 2.05) is 20.8 Å². The van der Waals surface area contributed by atoms with Gasteiger partial charge < -0.3 is 15.7 Å². The molecule has 18 heavy (non-hydrogen) atoms. The largest absolute Gasteiger partial charge is 0.481 e. The lowest BCUT2D eigenvalue weighted by atomic mass is 9.83. The zero-order chi connectivity index (χ0) is 13.8. The number of carboxylic acids is 1. The molecule has 5 nitrogen and oxygen atoms in total. The molecule has 1 fully saturated rings. The van der Waals surface area contributed by atoms with Gasteiger partial charge in [0.1, 0.15) is 0 Å². The molecule has 0 aromatic heterocycles. The van der Waals surface area contributed by atoms with Crippen molar-refractivity contribution in [1.82, 2.24) is 10.6 Å². The SMILES string of the molecule is CCC1(C(=O)NCC(C(=O)O)C(C)C)CCNC1. The van der Waals surface area contributed by atoms with Crippen molar-refractivity contribution >= 4 is 11.9 Å². The lowest BCUT2D eigenvalue weighted by Crippen LogP contribution is -2.45. The molecule has 2 unspecified atom stereocenters. The number of hydrogen-bond donors (Lipinski definition) is 3. The van der Waals surface area contributed by atoms with E-state index in [1.165, 1.54) is 0 Å². The Labute approximate surface area is 108 Å². The minimum Gasteiger partial charge on any atom is -0.481 e. The number of rotatable bonds is 6. The maximum absolute atomic E-state index is 12.2. The molecule has 2 atom stereocenters. The van der Waals surface area contributed by atoms with E-state index < -0.39 is 11.9 Å². The Balaban J connectivity index is 2.56. The quantitative estimate of drug-likeness (QED) is 0.658. The fourth-order valence-electron chi connectivity index (χ4n) is 2.40. The Morgan fingerprint density at radius 3 is 2.50 bits per heavy atom. The lowest BCUT2D eigenvalue weighted by Gasteiger charge is -2.26. The number of carboxylic acid groups (broad SMARTS) is 1. The molecule has 104 valence electrons. The van der Waals surface area contributed by atoms with E-state index in [2.05, 4.69) is 10.6 Å². The number of carbonyl (C=O) groups is 2. The van der Waals surface area contributed by atoms with Gasteiger partial charge >= 0.3 is 5.97 Å². The summed E-state index contributed by atoms with van der Waals surface area (Å²) in [5.41, 5.74) is -0.347. The van der Waals surface area contributed by atoms with Crippen LogP contribution in [0, 0.1) is 17.3 Å². The van der Waals surface area contributed by atoms with E-state index in [1.54, 1.807) is 0 Å². The summed E-state index contributed by atoms with van der Waals surface area (Å²) >= 11 is 0. The molecule has 3 N–H and O–H groups in total. The second-order valence-corrected chi connectivity index (χ2v) is 5.46. The van der Waals surface area contributed by atoms with Crippen molar-refractivity contribution in [3.63, 3.8) is 0 Å². The van der Waals surface area contributed by atoms with Gasteiger partial charge in [-0.05, 0) is 25.3 Å². The zero-order valence-electron chi connectivity index (χ0n) is 11.5. The van der Waals surface area contributed by atoms with Crippen molar-refractivity contribution in [2.45, 2.75) is 33.6 Å². The Hall–Kier alpha value is -1.10. The average molecular weight is 256 g/mol. The van der Waals surface area contributed by atoms with Crippen LogP contribution < -0.4 is 10.6 Å². The molecule has 5 heteroatoms. The number of nitrogens with one attached hydrogen (secondary N) is 2. The molecule has 0 radical (unpaired) electrons. The van der Waals surface area contributed by atoms with Crippen molar-refractivity contribution in [2.75, 3.05) is 19.6 Å². The summed E-state index contributed by atoms with van der Waals surface area (Å²) in [7, 11) is 0. The standard InChI is InChI=1S/C13H24N2O3/c1-4-13(5-6-14-8-13)12(18)15-7-10(9(2)3)11(16)17/h9-10,14H,4-8H2,1-3H3,(H,15,18)(H,16,17). The van der Waals surface area contributed by atoms with Crippen molar-refractivity contribution in [3.8, 4) is 0 Å². The smallest absolute Gasteiger partial charge is 0.308 e. The van der Waals surface area contributed by atoms with Gasteiger partial charge in [-0.1, -0.05) is 20.8 Å². The zero-order valence-corrected chi connectivity index (χ0v) is 11.5. The molecule has 1 heterocycles. The second kappa shape index (κ2) is 6.18. The minimum absolute atomic E-state index is 0.0121. The van der Waals surface area contributed by atoms with Gasteiger partial charge in [0.05, 0.1) is 11.3 Å². The first-order chi connectivity index (χ1) is 8.43. The van der Waals surface area contributed by atoms with Crippen molar-refractivity contribution in [3.05, 3.63) is 0 Å². The molecule has 1 amide bonds. The van der Waals surface area contributed by atoms with Crippen LogP contribution in [0.25, 0.3) is 0 Å². The molecule has 0 spiro atoms. The Bertz CT molecular complexity index is 309. The predicted octanol–water partition coefficient (Wildman–Crippen LogP) is 0.849. The van der Waals surface area contributed by atoms with Gasteiger partial charge in [-0.25, -0.2) is 0 Å². The Kier molecular flexibility index (Phi) is 5.14. The third-order valence-corrected chi connectivity index (χ3v) is 4.01. The number of carbonyl (C=O) groups excluding carboxylic acids is 1. The summed E-state index contributed by atoms with van der Waals surface area (Å²) < 4.78 is 0. The third-order valence-electron chi connectivity index (χ3n) is 4.01. The molecule has 1 saturated heterocycles. The predicted molar refractivity (Wildman–Crippen MR) is 69.2 cm³/mol. The first kappa shape index (κ1) is 15.0. The molecule has 0 saturated carbocycles. The molecule has 0 aromatic rings. The highest BCUT2D eigenvalue weighted by atomic mass is 16.4. The second-order valence-electron chi connectivity index (χ2n) is 5.46. The summed E-state index contributed by atoms with van der Waals surface area (Å²) in [6.45, 7) is 7.48. The highest BCUT2D eigenvalue weighted by Crippen LogP contribution is 2.29. The fraction of sp³-hybridized carbons (Fsp3) is 0.846. The van der Waals surface area contributed by atoms with Crippen LogP contribution in [0.5, 0.6) is 0 Å². The van der Waals surface area contributed by atoms with Crippen LogP contribution in [0.1, 0.15) is 33.6 Å². The molecule has 1 aliphatic rings. The van der Waals surface area contributed by atoms with Crippen molar-refractivity contribution < 1.29 is 14.7 Å². The van der Waals surface area contributed by atoms with Gasteiger partial charge in [0, 0.05) is 13.1 Å². The van der Waals surface area contributed by atoms with Crippen LogP contribution in [0.3, 0.4) is 0 Å². The van der Waals surface area contributed by atoms with Gasteiger partial charge in [-0.3, -0.25) is 9.59 Å². The van der Waals surface area contributed by atoms with Crippen LogP contribution in [-0.4, -0.2) is 36.6 Å². The fourth-order valence-corrected chi connectivity index (χ4v) is 2.40. The van der Waals surface area contributed by atoms with Gasteiger partial charge in [-0.15, -0.1) is 0 Å². The normalized spacial score (nSPS) is 25.1. The summed E-state index contributed by atoms with van der Waals surface area (Å²) in [6, 6.07) is 0. The van der Waals surface area contributed by atoms with E-state index in [4.69, 9.17) is 5.11 Å². The molecular weight excluding hydrogens is 232 g/mol. The molecular formula is C13H24N2O3. The third kappa shape index (κ3) is 3.22. The monoisotopic (exact) mass is 256 g/mol. The summed E-state index contributed by atoms with van der Waals surface area (Å²) in [6.07, 6.45) is 1.61. The van der Waals surface area contributed by atoms with Gasteiger partial charge in [0.25, 0.3) is 0 Å². The average Bonchev–Trinajstić information content (AvgIpc) is 2.77. The molecule has 0 aliphatic carbocycles. The molecule has 1 rings (SSSR count). The van der Waals surface area contributed by atoms with E-state index in [0.29, 0.717) is 6.54 Å². The summed E-state index contributed by atoms with van der Waals surface area (Å²) in [4.78, 5) is 23.3. The van der Waals surface area contributed by atoms with Crippen LogP contribution in [-0.2, 0) is 9.59 Å². The summed E-state index contributed by atoms with van der Waals surface area (Å²) in [5, 5.41) is 15.1. The van der Waals surface area contributed by atoms with Crippen LogP contribution >= 0.6 is 0 Å². The van der Waals surface area contributed by atoms with Gasteiger partial charge in [0.2, 0.25) is 5.91 Å². The van der Waals surface area contributed by atoms with E-state index in [-0.39, 0.29) is 23.8 Å². The molecule has 0 aromatic carbocycles. The van der Waals surface area contributed by atoms with Crippen molar-refractivity contribution in [2.24, 2.45) is 17.3 Å².